The Balaban J connectivity index is 2.19. The van der Waals surface area contributed by atoms with E-state index in [-0.39, 0.29) is 5.97 Å². The molecule has 98 valence electrons. The van der Waals surface area contributed by atoms with Crippen molar-refractivity contribution in [2.75, 3.05) is 13.7 Å². The van der Waals surface area contributed by atoms with Crippen LogP contribution in [-0.2, 0) is 4.74 Å². The SMILES string of the molecule is CCOc1ccc(-c2ccc(C(=O)OC)cc2)cc1. The molecule has 0 saturated carbocycles. The molecule has 0 aliphatic rings. The number of esters is 1. The average molecular weight is 256 g/mol. The summed E-state index contributed by atoms with van der Waals surface area (Å²) in [4.78, 5) is 11.3. The van der Waals surface area contributed by atoms with E-state index in [1.807, 2.05) is 43.3 Å². The van der Waals surface area contributed by atoms with Crippen LogP contribution in [0.3, 0.4) is 0 Å². The maximum absolute atomic E-state index is 11.3. The number of carbonyl (C=O) groups is 1. The Bertz CT molecular complexity index is 541. The van der Waals surface area contributed by atoms with Crippen molar-refractivity contribution in [1.29, 1.82) is 0 Å². The molecule has 0 aliphatic carbocycles. The van der Waals surface area contributed by atoms with E-state index in [1.165, 1.54) is 7.11 Å². The zero-order valence-corrected chi connectivity index (χ0v) is 11.1. The van der Waals surface area contributed by atoms with Gasteiger partial charge in [-0.05, 0) is 42.3 Å². The summed E-state index contributed by atoms with van der Waals surface area (Å²) in [6.07, 6.45) is 0. The van der Waals surface area contributed by atoms with E-state index in [2.05, 4.69) is 4.74 Å². The Morgan fingerprint density at radius 1 is 0.947 bits per heavy atom. The predicted octanol–water partition coefficient (Wildman–Crippen LogP) is 3.54. The monoisotopic (exact) mass is 256 g/mol. The fourth-order valence-corrected chi connectivity index (χ4v) is 1.83. The lowest BCUT2D eigenvalue weighted by Crippen LogP contribution is -2.00. The number of methoxy groups -OCH3 is 1. The highest BCUT2D eigenvalue weighted by atomic mass is 16.5. The lowest BCUT2D eigenvalue weighted by molar-refractivity contribution is 0.0601. The van der Waals surface area contributed by atoms with Gasteiger partial charge in [-0.25, -0.2) is 4.79 Å². The average Bonchev–Trinajstić information content (AvgIpc) is 2.48. The van der Waals surface area contributed by atoms with Crippen molar-refractivity contribution < 1.29 is 14.3 Å². The second-order valence-electron chi connectivity index (χ2n) is 4.03. The molecule has 0 aromatic heterocycles. The number of hydrogen-bond donors (Lipinski definition) is 0. The zero-order valence-electron chi connectivity index (χ0n) is 11.1. The number of carbonyl (C=O) groups excluding carboxylic acids is 1. The van der Waals surface area contributed by atoms with Crippen molar-refractivity contribution in [3.8, 4) is 16.9 Å². The van der Waals surface area contributed by atoms with Gasteiger partial charge in [-0.1, -0.05) is 24.3 Å². The molecule has 0 bridgehead atoms. The molecule has 0 N–H and O–H groups in total. The Labute approximate surface area is 112 Å². The van der Waals surface area contributed by atoms with E-state index < -0.39 is 0 Å². The Kier molecular flexibility index (Phi) is 4.18. The van der Waals surface area contributed by atoms with Crippen LogP contribution in [0, 0.1) is 0 Å². The van der Waals surface area contributed by atoms with Crippen LogP contribution in [0.1, 0.15) is 17.3 Å². The summed E-state index contributed by atoms with van der Waals surface area (Å²) >= 11 is 0. The van der Waals surface area contributed by atoms with Crippen LogP contribution in [0.25, 0.3) is 11.1 Å². The first-order valence-corrected chi connectivity index (χ1v) is 6.16. The summed E-state index contributed by atoms with van der Waals surface area (Å²) in [7, 11) is 1.38. The van der Waals surface area contributed by atoms with Crippen molar-refractivity contribution in [3.05, 3.63) is 54.1 Å². The quantitative estimate of drug-likeness (QED) is 0.785. The van der Waals surface area contributed by atoms with Gasteiger partial charge in [0.15, 0.2) is 0 Å². The second-order valence-corrected chi connectivity index (χ2v) is 4.03. The van der Waals surface area contributed by atoms with E-state index >= 15 is 0 Å². The smallest absolute Gasteiger partial charge is 0.337 e. The van der Waals surface area contributed by atoms with Crippen molar-refractivity contribution in [1.82, 2.24) is 0 Å². The highest BCUT2D eigenvalue weighted by Gasteiger charge is 2.05. The van der Waals surface area contributed by atoms with Crippen molar-refractivity contribution in [2.24, 2.45) is 0 Å². The summed E-state index contributed by atoms with van der Waals surface area (Å²) in [6, 6.07) is 15.2. The van der Waals surface area contributed by atoms with Gasteiger partial charge in [-0.3, -0.25) is 0 Å². The van der Waals surface area contributed by atoms with E-state index in [0.29, 0.717) is 12.2 Å². The van der Waals surface area contributed by atoms with E-state index in [9.17, 15) is 4.79 Å². The Morgan fingerprint density at radius 2 is 1.47 bits per heavy atom. The minimum Gasteiger partial charge on any atom is -0.494 e. The first kappa shape index (κ1) is 13.1. The normalized spacial score (nSPS) is 10.0. The van der Waals surface area contributed by atoms with Gasteiger partial charge in [0.05, 0.1) is 19.3 Å². The molecule has 0 atom stereocenters. The van der Waals surface area contributed by atoms with E-state index in [4.69, 9.17) is 4.74 Å². The topological polar surface area (TPSA) is 35.5 Å². The first-order valence-electron chi connectivity index (χ1n) is 6.16. The highest BCUT2D eigenvalue weighted by molar-refractivity contribution is 5.89. The summed E-state index contributed by atoms with van der Waals surface area (Å²) in [6.45, 7) is 2.62. The van der Waals surface area contributed by atoms with Crippen LogP contribution in [0.15, 0.2) is 48.5 Å². The van der Waals surface area contributed by atoms with Gasteiger partial charge in [0.2, 0.25) is 0 Å². The minimum atomic E-state index is -0.321. The minimum absolute atomic E-state index is 0.321. The maximum Gasteiger partial charge on any atom is 0.337 e. The molecule has 0 unspecified atom stereocenters. The van der Waals surface area contributed by atoms with E-state index in [1.54, 1.807) is 12.1 Å². The summed E-state index contributed by atoms with van der Waals surface area (Å²) in [5, 5.41) is 0. The van der Waals surface area contributed by atoms with Crippen LogP contribution in [0.5, 0.6) is 5.75 Å². The summed E-state index contributed by atoms with van der Waals surface area (Å²) < 4.78 is 10.1. The van der Waals surface area contributed by atoms with Crippen molar-refractivity contribution in [2.45, 2.75) is 6.92 Å². The third-order valence-corrected chi connectivity index (χ3v) is 2.80. The molecule has 3 heteroatoms. The van der Waals surface area contributed by atoms with Gasteiger partial charge in [0, 0.05) is 0 Å². The number of benzene rings is 2. The standard InChI is InChI=1S/C16H16O3/c1-3-19-15-10-8-13(9-11-15)12-4-6-14(7-5-12)16(17)18-2/h4-11H,3H2,1-2H3. The molecule has 0 amide bonds. The van der Waals surface area contributed by atoms with Crippen LogP contribution in [0.4, 0.5) is 0 Å². The second kappa shape index (κ2) is 6.05. The molecular formula is C16H16O3. The van der Waals surface area contributed by atoms with Crippen LogP contribution in [-0.4, -0.2) is 19.7 Å². The third kappa shape index (κ3) is 3.13. The molecular weight excluding hydrogens is 240 g/mol. The Morgan fingerprint density at radius 3 is 1.95 bits per heavy atom. The lowest BCUT2D eigenvalue weighted by atomic mass is 10.0. The number of ether oxygens (including phenoxy) is 2. The van der Waals surface area contributed by atoms with Crippen LogP contribution in [0.2, 0.25) is 0 Å². The fraction of sp³-hybridized carbons (Fsp3) is 0.188. The molecule has 2 rings (SSSR count). The number of hydrogen-bond acceptors (Lipinski definition) is 3. The largest absolute Gasteiger partial charge is 0.494 e. The van der Waals surface area contributed by atoms with Crippen LogP contribution >= 0.6 is 0 Å². The van der Waals surface area contributed by atoms with Gasteiger partial charge in [-0.2, -0.15) is 0 Å². The molecule has 0 saturated heterocycles. The fourth-order valence-electron chi connectivity index (χ4n) is 1.83. The predicted molar refractivity (Wildman–Crippen MR) is 74.4 cm³/mol. The van der Waals surface area contributed by atoms with Crippen molar-refractivity contribution >= 4 is 5.97 Å². The number of rotatable bonds is 4. The van der Waals surface area contributed by atoms with Crippen LogP contribution < -0.4 is 4.74 Å². The molecule has 0 spiro atoms. The molecule has 3 nitrogen and oxygen atoms in total. The van der Waals surface area contributed by atoms with Gasteiger partial charge in [-0.15, -0.1) is 0 Å². The first-order chi connectivity index (χ1) is 9.24. The molecule has 2 aromatic carbocycles. The lowest BCUT2D eigenvalue weighted by Gasteiger charge is -2.06. The van der Waals surface area contributed by atoms with E-state index in [0.717, 1.165) is 16.9 Å². The zero-order chi connectivity index (χ0) is 13.7. The van der Waals surface area contributed by atoms with Gasteiger partial charge in [0.25, 0.3) is 0 Å². The third-order valence-electron chi connectivity index (χ3n) is 2.80. The summed E-state index contributed by atoms with van der Waals surface area (Å²) in [5.41, 5.74) is 2.69. The molecule has 2 aromatic rings. The Hall–Kier alpha value is -2.29. The maximum atomic E-state index is 11.3. The summed E-state index contributed by atoms with van der Waals surface area (Å²) in [5.74, 6) is 0.538. The highest BCUT2D eigenvalue weighted by Crippen LogP contribution is 2.23. The molecule has 0 heterocycles. The molecule has 0 aliphatic heterocycles. The van der Waals surface area contributed by atoms with Gasteiger partial charge in [0.1, 0.15) is 5.75 Å². The molecule has 0 radical (unpaired) electrons. The van der Waals surface area contributed by atoms with Crippen molar-refractivity contribution in [3.63, 3.8) is 0 Å². The molecule has 19 heavy (non-hydrogen) atoms. The van der Waals surface area contributed by atoms with Gasteiger partial charge < -0.3 is 9.47 Å². The molecule has 0 fully saturated rings. The van der Waals surface area contributed by atoms with Gasteiger partial charge >= 0.3 is 5.97 Å².